The maximum absolute atomic E-state index is 5.81. The van der Waals surface area contributed by atoms with Crippen molar-refractivity contribution in [1.29, 1.82) is 0 Å². The molecule has 16 heavy (non-hydrogen) atoms. The van der Waals surface area contributed by atoms with Crippen LogP contribution in [-0.2, 0) is 6.42 Å². The predicted octanol–water partition coefficient (Wildman–Crippen LogP) is 1.98. The van der Waals surface area contributed by atoms with Crippen molar-refractivity contribution in [2.24, 2.45) is 5.92 Å². The van der Waals surface area contributed by atoms with Crippen molar-refractivity contribution in [2.75, 3.05) is 12.3 Å². The van der Waals surface area contributed by atoms with E-state index in [1.54, 1.807) is 6.20 Å². The van der Waals surface area contributed by atoms with Crippen molar-refractivity contribution >= 4 is 5.82 Å². The van der Waals surface area contributed by atoms with E-state index in [0.29, 0.717) is 11.7 Å². The summed E-state index contributed by atoms with van der Waals surface area (Å²) in [6.45, 7) is 3.42. The number of aryl methyl sites for hydroxylation is 1. The van der Waals surface area contributed by atoms with Crippen LogP contribution in [0.15, 0.2) is 18.3 Å². The first-order valence-electron chi connectivity index (χ1n) is 6.18. The van der Waals surface area contributed by atoms with Crippen LogP contribution in [0.5, 0.6) is 0 Å². The Morgan fingerprint density at radius 2 is 2.38 bits per heavy atom. The zero-order chi connectivity index (χ0) is 11.4. The van der Waals surface area contributed by atoms with Gasteiger partial charge in [-0.2, -0.15) is 0 Å². The lowest BCUT2D eigenvalue weighted by atomic mass is 10.0. The standard InChI is InChI=1S/C13H21N3/c1-10(9-16-12-6-7-12)4-5-11-3-2-8-15-13(11)14/h2-3,8,10,12,16H,4-7,9H2,1H3,(H2,14,15). The topological polar surface area (TPSA) is 50.9 Å². The first kappa shape index (κ1) is 11.4. The van der Waals surface area contributed by atoms with Gasteiger partial charge in [0.15, 0.2) is 0 Å². The molecule has 88 valence electrons. The highest BCUT2D eigenvalue weighted by Gasteiger charge is 2.20. The number of rotatable bonds is 6. The van der Waals surface area contributed by atoms with Crippen molar-refractivity contribution in [3.63, 3.8) is 0 Å². The third kappa shape index (κ3) is 3.49. The Morgan fingerprint density at radius 3 is 3.06 bits per heavy atom. The number of nitrogen functional groups attached to an aromatic ring is 1. The van der Waals surface area contributed by atoms with Crippen LogP contribution < -0.4 is 11.1 Å². The summed E-state index contributed by atoms with van der Waals surface area (Å²) in [6, 6.07) is 4.84. The second-order valence-electron chi connectivity index (χ2n) is 4.87. The van der Waals surface area contributed by atoms with Crippen LogP contribution in [0.2, 0.25) is 0 Å². The van der Waals surface area contributed by atoms with E-state index in [2.05, 4.69) is 23.3 Å². The summed E-state index contributed by atoms with van der Waals surface area (Å²) in [4.78, 5) is 4.10. The largest absolute Gasteiger partial charge is 0.383 e. The molecule has 0 spiro atoms. The van der Waals surface area contributed by atoms with Crippen molar-refractivity contribution in [3.05, 3.63) is 23.9 Å². The highest BCUT2D eigenvalue weighted by molar-refractivity contribution is 5.38. The number of hydrogen-bond donors (Lipinski definition) is 2. The Kier molecular flexibility index (Phi) is 3.78. The number of nitrogens with two attached hydrogens (primary N) is 1. The summed E-state index contributed by atoms with van der Waals surface area (Å²) in [5.74, 6) is 1.39. The van der Waals surface area contributed by atoms with E-state index in [1.807, 2.05) is 6.07 Å². The number of aromatic nitrogens is 1. The highest BCUT2D eigenvalue weighted by Crippen LogP contribution is 2.19. The summed E-state index contributed by atoms with van der Waals surface area (Å²) >= 11 is 0. The third-order valence-electron chi connectivity index (χ3n) is 3.16. The Labute approximate surface area is 97.5 Å². The summed E-state index contributed by atoms with van der Waals surface area (Å²) in [6.07, 6.45) is 6.68. The first-order chi connectivity index (χ1) is 7.75. The molecule has 3 nitrogen and oxygen atoms in total. The summed E-state index contributed by atoms with van der Waals surface area (Å²) in [5.41, 5.74) is 6.99. The fraction of sp³-hybridized carbons (Fsp3) is 0.615. The average molecular weight is 219 g/mol. The van der Waals surface area contributed by atoms with Crippen LogP contribution in [0, 0.1) is 5.92 Å². The van der Waals surface area contributed by atoms with E-state index in [4.69, 9.17) is 5.73 Å². The van der Waals surface area contributed by atoms with E-state index in [9.17, 15) is 0 Å². The van der Waals surface area contributed by atoms with Gasteiger partial charge < -0.3 is 11.1 Å². The van der Waals surface area contributed by atoms with E-state index in [1.165, 1.54) is 24.8 Å². The van der Waals surface area contributed by atoms with Gasteiger partial charge in [0.25, 0.3) is 0 Å². The summed E-state index contributed by atoms with van der Waals surface area (Å²) in [5, 5.41) is 3.56. The lowest BCUT2D eigenvalue weighted by Gasteiger charge is -2.12. The number of anilines is 1. The molecule has 1 heterocycles. The average Bonchev–Trinajstić information content (AvgIpc) is 3.09. The van der Waals surface area contributed by atoms with E-state index < -0.39 is 0 Å². The van der Waals surface area contributed by atoms with Gasteiger partial charge in [0.1, 0.15) is 5.82 Å². The molecule has 1 saturated carbocycles. The molecule has 0 aliphatic heterocycles. The molecule has 1 fully saturated rings. The predicted molar refractivity (Wildman–Crippen MR) is 67.2 cm³/mol. The molecular formula is C13H21N3. The van der Waals surface area contributed by atoms with Crippen LogP contribution in [0.1, 0.15) is 31.7 Å². The molecule has 0 radical (unpaired) electrons. The Hall–Kier alpha value is -1.09. The number of nitrogens with one attached hydrogen (secondary N) is 1. The lowest BCUT2D eigenvalue weighted by Crippen LogP contribution is -2.23. The number of pyridine rings is 1. The summed E-state index contributed by atoms with van der Waals surface area (Å²) < 4.78 is 0. The maximum Gasteiger partial charge on any atom is 0.126 e. The monoisotopic (exact) mass is 219 g/mol. The van der Waals surface area contributed by atoms with E-state index in [-0.39, 0.29) is 0 Å². The molecule has 1 atom stereocenters. The van der Waals surface area contributed by atoms with Gasteiger partial charge in [-0.15, -0.1) is 0 Å². The molecule has 0 saturated heterocycles. The van der Waals surface area contributed by atoms with Crippen LogP contribution in [0.3, 0.4) is 0 Å². The molecule has 3 N–H and O–H groups in total. The zero-order valence-corrected chi connectivity index (χ0v) is 9.95. The van der Waals surface area contributed by atoms with Crippen molar-refractivity contribution in [3.8, 4) is 0 Å². The fourth-order valence-corrected chi connectivity index (χ4v) is 1.82. The van der Waals surface area contributed by atoms with Gasteiger partial charge in [-0.1, -0.05) is 13.0 Å². The third-order valence-corrected chi connectivity index (χ3v) is 3.16. The van der Waals surface area contributed by atoms with Gasteiger partial charge in [0.2, 0.25) is 0 Å². The zero-order valence-electron chi connectivity index (χ0n) is 9.95. The van der Waals surface area contributed by atoms with Crippen LogP contribution >= 0.6 is 0 Å². The van der Waals surface area contributed by atoms with Gasteiger partial charge in [-0.05, 0) is 49.8 Å². The molecule has 3 heteroatoms. The number of hydrogen-bond acceptors (Lipinski definition) is 3. The molecule has 1 aromatic rings. The van der Waals surface area contributed by atoms with Crippen LogP contribution in [-0.4, -0.2) is 17.6 Å². The minimum atomic E-state index is 0.685. The number of nitrogens with zero attached hydrogens (tertiary/aromatic N) is 1. The molecule has 1 unspecified atom stereocenters. The van der Waals surface area contributed by atoms with Crippen LogP contribution in [0.4, 0.5) is 5.82 Å². The van der Waals surface area contributed by atoms with Crippen molar-refractivity contribution in [1.82, 2.24) is 10.3 Å². The molecule has 1 aliphatic carbocycles. The van der Waals surface area contributed by atoms with E-state index in [0.717, 1.165) is 19.0 Å². The first-order valence-corrected chi connectivity index (χ1v) is 6.18. The minimum absolute atomic E-state index is 0.685. The SMILES string of the molecule is CC(CCc1cccnc1N)CNC1CC1. The second-order valence-corrected chi connectivity index (χ2v) is 4.87. The minimum Gasteiger partial charge on any atom is -0.383 e. The molecule has 1 aromatic heterocycles. The Morgan fingerprint density at radius 1 is 1.56 bits per heavy atom. The summed E-state index contributed by atoms with van der Waals surface area (Å²) in [7, 11) is 0. The second kappa shape index (κ2) is 5.30. The van der Waals surface area contributed by atoms with Gasteiger partial charge in [0, 0.05) is 12.2 Å². The molecule has 2 rings (SSSR count). The Balaban J connectivity index is 1.71. The van der Waals surface area contributed by atoms with Gasteiger partial charge in [0.05, 0.1) is 0 Å². The van der Waals surface area contributed by atoms with Crippen molar-refractivity contribution < 1.29 is 0 Å². The lowest BCUT2D eigenvalue weighted by molar-refractivity contribution is 0.480. The molecule has 0 amide bonds. The maximum atomic E-state index is 5.81. The van der Waals surface area contributed by atoms with Gasteiger partial charge in [-0.3, -0.25) is 0 Å². The normalized spacial score (nSPS) is 17.3. The fourth-order valence-electron chi connectivity index (χ4n) is 1.82. The van der Waals surface area contributed by atoms with Crippen LogP contribution in [0.25, 0.3) is 0 Å². The van der Waals surface area contributed by atoms with E-state index >= 15 is 0 Å². The van der Waals surface area contributed by atoms with Crippen molar-refractivity contribution in [2.45, 2.75) is 38.6 Å². The highest BCUT2D eigenvalue weighted by atomic mass is 14.9. The molecule has 1 aliphatic rings. The quantitative estimate of drug-likeness (QED) is 0.769. The van der Waals surface area contributed by atoms with Gasteiger partial charge >= 0.3 is 0 Å². The Bertz CT molecular complexity index is 334. The molecule has 0 aromatic carbocycles. The van der Waals surface area contributed by atoms with Gasteiger partial charge in [-0.25, -0.2) is 4.98 Å². The molecule has 0 bridgehead atoms. The molecular weight excluding hydrogens is 198 g/mol. The smallest absolute Gasteiger partial charge is 0.126 e.